The quantitative estimate of drug-likeness (QED) is 0.802. The van der Waals surface area contributed by atoms with Gasteiger partial charge in [-0.05, 0) is 44.4 Å². The Morgan fingerprint density at radius 2 is 2.12 bits per heavy atom. The van der Waals surface area contributed by atoms with Crippen molar-refractivity contribution in [1.82, 2.24) is 4.90 Å². The molecule has 2 atom stereocenters. The van der Waals surface area contributed by atoms with Gasteiger partial charge >= 0.3 is 0 Å². The SMILES string of the molecule is CC(C)CC1CCCN(C(=O)CCC(C)N)C1. The van der Waals surface area contributed by atoms with Gasteiger partial charge in [0, 0.05) is 25.6 Å². The standard InChI is InChI=1S/C14H28N2O/c1-11(2)9-13-5-4-8-16(10-13)14(17)7-6-12(3)15/h11-13H,4-10,15H2,1-3H3. The van der Waals surface area contributed by atoms with Gasteiger partial charge in [-0.15, -0.1) is 0 Å². The Balaban J connectivity index is 2.35. The topological polar surface area (TPSA) is 46.3 Å². The Labute approximate surface area is 106 Å². The first kappa shape index (κ1) is 14.5. The van der Waals surface area contributed by atoms with Crippen molar-refractivity contribution in [3.05, 3.63) is 0 Å². The lowest BCUT2D eigenvalue weighted by molar-refractivity contribution is -0.133. The molecule has 3 heteroatoms. The Morgan fingerprint density at radius 3 is 2.71 bits per heavy atom. The van der Waals surface area contributed by atoms with E-state index in [0.29, 0.717) is 18.2 Å². The molecule has 3 nitrogen and oxygen atoms in total. The molecule has 100 valence electrons. The number of likely N-dealkylation sites (tertiary alicyclic amines) is 1. The van der Waals surface area contributed by atoms with Crippen LogP contribution in [0.4, 0.5) is 0 Å². The maximum Gasteiger partial charge on any atom is 0.222 e. The lowest BCUT2D eigenvalue weighted by atomic mass is 9.89. The number of amides is 1. The van der Waals surface area contributed by atoms with Crippen LogP contribution in [-0.2, 0) is 4.79 Å². The van der Waals surface area contributed by atoms with E-state index in [4.69, 9.17) is 5.73 Å². The molecule has 0 aromatic carbocycles. The van der Waals surface area contributed by atoms with E-state index < -0.39 is 0 Å². The summed E-state index contributed by atoms with van der Waals surface area (Å²) in [6.07, 6.45) is 5.13. The summed E-state index contributed by atoms with van der Waals surface area (Å²) in [5.41, 5.74) is 5.69. The Bertz CT molecular complexity index is 238. The highest BCUT2D eigenvalue weighted by Crippen LogP contribution is 2.23. The molecule has 1 fully saturated rings. The van der Waals surface area contributed by atoms with E-state index in [1.807, 2.05) is 6.92 Å². The minimum absolute atomic E-state index is 0.134. The van der Waals surface area contributed by atoms with Crippen molar-refractivity contribution in [2.45, 2.75) is 58.9 Å². The first-order chi connectivity index (χ1) is 7.99. The lowest BCUT2D eigenvalue weighted by Crippen LogP contribution is -2.40. The minimum Gasteiger partial charge on any atom is -0.342 e. The summed E-state index contributed by atoms with van der Waals surface area (Å²) in [6.45, 7) is 8.40. The van der Waals surface area contributed by atoms with E-state index in [9.17, 15) is 4.79 Å². The molecule has 1 heterocycles. The molecule has 1 rings (SSSR count). The zero-order valence-corrected chi connectivity index (χ0v) is 11.6. The number of carbonyl (C=O) groups excluding carboxylic acids is 1. The maximum atomic E-state index is 12.0. The second-order valence-corrected chi connectivity index (χ2v) is 5.99. The number of piperidine rings is 1. The van der Waals surface area contributed by atoms with Crippen molar-refractivity contribution >= 4 is 5.91 Å². The maximum absolute atomic E-state index is 12.0. The third-order valence-corrected chi connectivity index (χ3v) is 3.49. The van der Waals surface area contributed by atoms with E-state index in [0.717, 1.165) is 25.4 Å². The van der Waals surface area contributed by atoms with Crippen LogP contribution in [0.3, 0.4) is 0 Å². The van der Waals surface area contributed by atoms with Crippen LogP contribution < -0.4 is 5.73 Å². The molecule has 2 unspecified atom stereocenters. The van der Waals surface area contributed by atoms with Crippen LogP contribution in [0.15, 0.2) is 0 Å². The predicted octanol–water partition coefficient (Wildman–Crippen LogP) is 2.40. The summed E-state index contributed by atoms with van der Waals surface area (Å²) in [5, 5.41) is 0. The largest absolute Gasteiger partial charge is 0.342 e. The van der Waals surface area contributed by atoms with E-state index in [-0.39, 0.29) is 6.04 Å². The second-order valence-electron chi connectivity index (χ2n) is 5.99. The molecule has 1 saturated heterocycles. The van der Waals surface area contributed by atoms with Crippen LogP contribution in [-0.4, -0.2) is 29.9 Å². The summed E-state index contributed by atoms with van der Waals surface area (Å²) in [5.74, 6) is 1.75. The molecule has 0 spiro atoms. The fraction of sp³-hybridized carbons (Fsp3) is 0.929. The number of hydrogen-bond donors (Lipinski definition) is 1. The summed E-state index contributed by atoms with van der Waals surface area (Å²) < 4.78 is 0. The zero-order valence-electron chi connectivity index (χ0n) is 11.6. The molecule has 1 aliphatic heterocycles. The summed E-state index contributed by atoms with van der Waals surface area (Å²) in [6, 6.07) is 0.134. The van der Waals surface area contributed by atoms with E-state index in [2.05, 4.69) is 18.7 Å². The van der Waals surface area contributed by atoms with Crippen molar-refractivity contribution in [2.24, 2.45) is 17.6 Å². The number of rotatable bonds is 5. The summed E-state index contributed by atoms with van der Waals surface area (Å²) in [4.78, 5) is 14.1. The molecule has 0 aromatic heterocycles. The Morgan fingerprint density at radius 1 is 1.41 bits per heavy atom. The van der Waals surface area contributed by atoms with Gasteiger partial charge in [0.15, 0.2) is 0 Å². The van der Waals surface area contributed by atoms with Gasteiger partial charge in [0.25, 0.3) is 0 Å². The lowest BCUT2D eigenvalue weighted by Gasteiger charge is -2.33. The number of nitrogens with two attached hydrogens (primary N) is 1. The highest BCUT2D eigenvalue weighted by Gasteiger charge is 2.23. The Hall–Kier alpha value is -0.570. The van der Waals surface area contributed by atoms with E-state index in [1.54, 1.807) is 0 Å². The minimum atomic E-state index is 0.134. The molecule has 17 heavy (non-hydrogen) atoms. The van der Waals surface area contributed by atoms with Crippen LogP contribution in [0.2, 0.25) is 0 Å². The van der Waals surface area contributed by atoms with Crippen molar-refractivity contribution in [3.63, 3.8) is 0 Å². The molecule has 0 saturated carbocycles. The third kappa shape index (κ3) is 5.53. The third-order valence-electron chi connectivity index (χ3n) is 3.49. The smallest absolute Gasteiger partial charge is 0.222 e. The van der Waals surface area contributed by atoms with Crippen LogP contribution in [0.1, 0.15) is 52.9 Å². The fourth-order valence-corrected chi connectivity index (χ4v) is 2.66. The molecule has 1 aliphatic rings. The molecule has 0 aliphatic carbocycles. The zero-order chi connectivity index (χ0) is 12.8. The van der Waals surface area contributed by atoms with Crippen LogP contribution >= 0.6 is 0 Å². The summed E-state index contributed by atoms with van der Waals surface area (Å²) in [7, 11) is 0. The molecule has 0 aromatic rings. The van der Waals surface area contributed by atoms with Crippen molar-refractivity contribution in [1.29, 1.82) is 0 Å². The van der Waals surface area contributed by atoms with Gasteiger partial charge in [-0.3, -0.25) is 4.79 Å². The number of nitrogens with zero attached hydrogens (tertiary/aromatic N) is 1. The van der Waals surface area contributed by atoms with Crippen molar-refractivity contribution in [2.75, 3.05) is 13.1 Å². The second kappa shape index (κ2) is 7.00. The molecule has 2 N–H and O–H groups in total. The van der Waals surface area contributed by atoms with Gasteiger partial charge in [-0.25, -0.2) is 0 Å². The van der Waals surface area contributed by atoms with Crippen molar-refractivity contribution in [3.8, 4) is 0 Å². The first-order valence-electron chi connectivity index (χ1n) is 7.02. The van der Waals surface area contributed by atoms with Crippen LogP contribution in [0.5, 0.6) is 0 Å². The highest BCUT2D eigenvalue weighted by molar-refractivity contribution is 5.76. The summed E-state index contributed by atoms with van der Waals surface area (Å²) >= 11 is 0. The van der Waals surface area contributed by atoms with E-state index >= 15 is 0 Å². The number of carbonyl (C=O) groups is 1. The fourth-order valence-electron chi connectivity index (χ4n) is 2.66. The van der Waals surface area contributed by atoms with E-state index in [1.165, 1.54) is 19.3 Å². The average Bonchev–Trinajstić information content (AvgIpc) is 2.25. The van der Waals surface area contributed by atoms with Gasteiger partial charge < -0.3 is 10.6 Å². The van der Waals surface area contributed by atoms with Crippen LogP contribution in [0, 0.1) is 11.8 Å². The van der Waals surface area contributed by atoms with Crippen molar-refractivity contribution < 1.29 is 4.79 Å². The average molecular weight is 240 g/mol. The van der Waals surface area contributed by atoms with Crippen LogP contribution in [0.25, 0.3) is 0 Å². The van der Waals surface area contributed by atoms with Gasteiger partial charge in [-0.1, -0.05) is 13.8 Å². The number of hydrogen-bond acceptors (Lipinski definition) is 2. The molecule has 0 radical (unpaired) electrons. The Kier molecular flexibility index (Phi) is 5.96. The van der Waals surface area contributed by atoms with Gasteiger partial charge in [0.1, 0.15) is 0 Å². The molecular weight excluding hydrogens is 212 g/mol. The normalized spacial score (nSPS) is 22.9. The molecular formula is C14H28N2O. The molecule has 0 bridgehead atoms. The highest BCUT2D eigenvalue weighted by atomic mass is 16.2. The van der Waals surface area contributed by atoms with Gasteiger partial charge in [0.2, 0.25) is 5.91 Å². The van der Waals surface area contributed by atoms with Gasteiger partial charge in [0.05, 0.1) is 0 Å². The first-order valence-corrected chi connectivity index (χ1v) is 7.02. The monoisotopic (exact) mass is 240 g/mol. The molecule has 1 amide bonds. The van der Waals surface area contributed by atoms with Gasteiger partial charge in [-0.2, -0.15) is 0 Å². The predicted molar refractivity (Wildman–Crippen MR) is 71.6 cm³/mol.